The predicted octanol–water partition coefficient (Wildman–Crippen LogP) is 7.39. The average molecular weight is 1380 g/mol. The lowest BCUT2D eigenvalue weighted by Gasteiger charge is -2.42. The van der Waals surface area contributed by atoms with Crippen LogP contribution in [0.15, 0.2) is 24.3 Å². The van der Waals surface area contributed by atoms with E-state index in [0.717, 1.165) is 0 Å². The number of carboxylic acid groups (broad SMARTS) is 1. The molecule has 2 heterocycles. The molecular formula is C73H123N9O16. The number of carboxylic acids is 1. The highest BCUT2D eigenvalue weighted by Crippen LogP contribution is 2.33. The second kappa shape index (κ2) is 42.6. The number of amides is 8. The van der Waals surface area contributed by atoms with Gasteiger partial charge in [-0.1, -0.05) is 101 Å². The number of benzene rings is 1. The zero-order chi connectivity index (χ0) is 73.8. The number of aliphatic carboxylic acids is 1. The van der Waals surface area contributed by atoms with Gasteiger partial charge in [-0.25, -0.2) is 4.79 Å². The molecule has 2 aliphatic heterocycles. The van der Waals surface area contributed by atoms with E-state index in [4.69, 9.17) is 24.7 Å². The number of likely N-dealkylation sites (tertiary alicyclic amines) is 2. The summed E-state index contributed by atoms with van der Waals surface area (Å²) in [6.07, 6.45) is 2.01. The maximum atomic E-state index is 14.8. The largest absolute Gasteiger partial charge is 0.481 e. The molecule has 8 amide bonds. The van der Waals surface area contributed by atoms with Gasteiger partial charge < -0.3 is 65.3 Å². The van der Waals surface area contributed by atoms with Crippen LogP contribution in [0, 0.1) is 53.3 Å². The first-order chi connectivity index (χ1) is 46.2. The van der Waals surface area contributed by atoms with Gasteiger partial charge in [-0.3, -0.25) is 52.8 Å². The molecule has 2 saturated heterocycles. The molecule has 0 bridgehead atoms. The van der Waals surface area contributed by atoms with Gasteiger partial charge in [-0.05, 0) is 106 Å². The molecule has 0 radical (unpaired) electrons. The molecular weight excluding hydrogens is 1260 g/mol. The van der Waals surface area contributed by atoms with Crippen molar-refractivity contribution in [3.8, 4) is 0 Å². The summed E-state index contributed by atoms with van der Waals surface area (Å²) in [5, 5.41) is 17.5. The molecule has 0 unspecified atom stereocenters. The monoisotopic (exact) mass is 1380 g/mol. The first kappa shape index (κ1) is 85.8. The molecule has 3 rings (SSSR count). The van der Waals surface area contributed by atoms with Gasteiger partial charge in [0, 0.05) is 111 Å². The number of hydrogen-bond donors (Lipinski definition) is 5. The summed E-state index contributed by atoms with van der Waals surface area (Å²) in [5.74, 6) is -6.25. The Hall–Kier alpha value is -6.41. The molecule has 1 aromatic rings. The van der Waals surface area contributed by atoms with E-state index >= 15 is 0 Å². The number of rotatable bonds is 45. The van der Waals surface area contributed by atoms with Crippen LogP contribution < -0.4 is 21.7 Å². The van der Waals surface area contributed by atoms with Gasteiger partial charge >= 0.3 is 12.0 Å². The normalized spacial score (nSPS) is 18.2. The zero-order valence-electron chi connectivity index (χ0n) is 62.4. The number of nitrogens with two attached hydrogens (primary N) is 1. The topological polar surface area (TPSA) is 323 Å². The number of hydrogen-bond acceptors (Lipinski definition) is 16. The van der Waals surface area contributed by atoms with Crippen molar-refractivity contribution in [1.29, 1.82) is 0 Å². The van der Waals surface area contributed by atoms with Crippen molar-refractivity contribution in [2.24, 2.45) is 59.0 Å². The van der Waals surface area contributed by atoms with Crippen LogP contribution in [0.4, 0.5) is 10.5 Å². The summed E-state index contributed by atoms with van der Waals surface area (Å²) >= 11 is 0. The van der Waals surface area contributed by atoms with E-state index in [9.17, 15) is 57.8 Å². The van der Waals surface area contributed by atoms with Crippen LogP contribution in [-0.2, 0) is 73.5 Å². The highest BCUT2D eigenvalue weighted by atomic mass is 16.5. The SMILES string of the molecule is CC[C@H](C)[C@@H]([C@@H](CC(=O)N1CCC[C@H]1[C@H](OC)[C@@H](C)C(=O)N(C)[C@@H]([C@@H](C)CC)[C@@H](CC(=O)COCc1ccc(NC(=O)[C@@H](CCCNC(N)=O)CC(=O)[C@H](NC(=O)CCCC(=O)N2CCC(C(=O)O)CC2)C(C)C)cc1)OC)OC)N(C)C(=O)[C@@H](CC(=O)[C@H](C(C)C)N(C)C)C(C)C. The van der Waals surface area contributed by atoms with Crippen molar-refractivity contribution in [3.63, 3.8) is 0 Å². The third-order valence-corrected chi connectivity index (χ3v) is 20.4. The van der Waals surface area contributed by atoms with E-state index in [2.05, 4.69) is 16.0 Å². The summed E-state index contributed by atoms with van der Waals surface area (Å²) < 4.78 is 24.3. The number of nitrogens with one attached hydrogen (secondary N) is 3. The molecule has 2 fully saturated rings. The quantitative estimate of drug-likeness (QED) is 0.0397. The Kier molecular flexibility index (Phi) is 37.3. The van der Waals surface area contributed by atoms with Crippen molar-refractivity contribution >= 4 is 70.5 Å². The Morgan fingerprint density at radius 1 is 0.663 bits per heavy atom. The molecule has 0 saturated carbocycles. The summed E-state index contributed by atoms with van der Waals surface area (Å²) in [6.45, 7) is 22.5. The van der Waals surface area contributed by atoms with E-state index < -0.39 is 90.0 Å². The number of carbonyl (C=O) groups is 11. The van der Waals surface area contributed by atoms with Crippen molar-refractivity contribution in [2.45, 2.75) is 228 Å². The smallest absolute Gasteiger partial charge is 0.312 e. The van der Waals surface area contributed by atoms with Gasteiger partial charge in [-0.15, -0.1) is 0 Å². The maximum Gasteiger partial charge on any atom is 0.312 e. The van der Waals surface area contributed by atoms with Crippen molar-refractivity contribution in [1.82, 2.24) is 35.1 Å². The number of likely N-dealkylation sites (N-methyl/N-ethyl adjacent to an activating group) is 3. The molecule has 0 spiro atoms. The van der Waals surface area contributed by atoms with Crippen LogP contribution >= 0.6 is 0 Å². The Bertz CT molecular complexity index is 2730. The molecule has 98 heavy (non-hydrogen) atoms. The maximum absolute atomic E-state index is 14.8. The molecule has 0 aliphatic carbocycles. The molecule has 1 aromatic carbocycles. The number of primary amides is 1. The average Bonchev–Trinajstić information content (AvgIpc) is 1.52. The number of urea groups is 1. The second-order valence-corrected chi connectivity index (χ2v) is 28.7. The van der Waals surface area contributed by atoms with Crippen molar-refractivity contribution < 1.29 is 76.8 Å². The van der Waals surface area contributed by atoms with Crippen LogP contribution in [0.2, 0.25) is 0 Å². The number of ketones is 3. The summed E-state index contributed by atoms with van der Waals surface area (Å²) in [7, 11) is 11.8. The van der Waals surface area contributed by atoms with E-state index in [-0.39, 0.29) is 148 Å². The fourth-order valence-electron chi connectivity index (χ4n) is 14.4. The van der Waals surface area contributed by atoms with Gasteiger partial charge in [0.15, 0.2) is 17.3 Å². The van der Waals surface area contributed by atoms with E-state index in [0.29, 0.717) is 75.8 Å². The highest BCUT2D eigenvalue weighted by Gasteiger charge is 2.45. The minimum absolute atomic E-state index is 0.0118. The summed E-state index contributed by atoms with van der Waals surface area (Å²) in [5.41, 5.74) is 6.40. The number of ether oxygens (including phenoxy) is 4. The van der Waals surface area contributed by atoms with Gasteiger partial charge in [0.2, 0.25) is 35.4 Å². The Labute approximate surface area is 584 Å². The van der Waals surface area contributed by atoms with Crippen LogP contribution in [0.1, 0.15) is 178 Å². The number of carbonyl (C=O) groups excluding carboxylic acids is 10. The lowest BCUT2D eigenvalue weighted by Crippen LogP contribution is -2.56. The first-order valence-corrected chi connectivity index (χ1v) is 35.6. The van der Waals surface area contributed by atoms with E-state index in [1.165, 1.54) is 7.11 Å². The molecule has 556 valence electrons. The number of anilines is 1. The standard InChI is InChI=1S/C73H123N9O16/c1-19-47(9)66(79(14)70(90)49(11)68(97-18)56-25-23-35-82(56)63(88)41-60(96-17)67(48(10)20-2)80(15)71(91)55(44(3)4)40-58(85)65(46(7)8)78(12)13)59(95-16)39-54(83)43-98-42-50-28-30-53(31-29-50)76-69(89)52(24-22-34-75-73(74)94)38-57(84)64(45(5)6)77-61(86)26-21-27-62(87)81-36-32-51(33-37-81)72(92)93/h28-31,44-49,51-52,55-56,59-60,64-68H,19-27,32-43H2,1-18H3,(H,76,89)(H,77,86)(H,92,93)(H3,74,75,94)/t47-,48-,49+,52-,55-,56-,59+,60+,64+,65-,66-,67-,68+/m0/s1. The Morgan fingerprint density at radius 2 is 1.24 bits per heavy atom. The van der Waals surface area contributed by atoms with Crippen LogP contribution in [-0.4, -0.2) is 225 Å². The van der Waals surface area contributed by atoms with Gasteiger partial charge in [-0.2, -0.15) is 0 Å². The molecule has 6 N–H and O–H groups in total. The number of nitrogens with zero attached hydrogens (tertiary/aromatic N) is 5. The Balaban J connectivity index is 1.67. The number of Topliss-reactive ketones (excluding diaryl/α,β-unsaturated/α-hetero) is 3. The predicted molar refractivity (Wildman–Crippen MR) is 375 cm³/mol. The first-order valence-electron chi connectivity index (χ1n) is 35.6. The zero-order valence-corrected chi connectivity index (χ0v) is 62.4. The van der Waals surface area contributed by atoms with E-state index in [1.54, 1.807) is 93.0 Å². The molecule has 13 atom stereocenters. The molecule has 25 heteroatoms. The molecule has 25 nitrogen and oxygen atoms in total. The lowest BCUT2D eigenvalue weighted by atomic mass is 9.83. The Morgan fingerprint density at radius 3 is 1.76 bits per heavy atom. The van der Waals surface area contributed by atoms with Gasteiger partial charge in [0.05, 0.1) is 73.4 Å². The fraction of sp³-hybridized carbons (Fsp3) is 0.767. The third-order valence-electron chi connectivity index (χ3n) is 20.4. The van der Waals surface area contributed by atoms with Crippen LogP contribution in [0.3, 0.4) is 0 Å². The van der Waals surface area contributed by atoms with Crippen molar-refractivity contribution in [2.75, 3.05) is 87.6 Å². The molecule has 2 aliphatic rings. The summed E-state index contributed by atoms with van der Waals surface area (Å²) in [6, 6.07) is 3.36. The van der Waals surface area contributed by atoms with Gasteiger partial charge in [0.1, 0.15) is 6.61 Å². The minimum Gasteiger partial charge on any atom is -0.481 e. The van der Waals surface area contributed by atoms with Crippen LogP contribution in [0.25, 0.3) is 0 Å². The highest BCUT2D eigenvalue weighted by molar-refractivity contribution is 5.97. The second-order valence-electron chi connectivity index (χ2n) is 28.7. The van der Waals surface area contributed by atoms with Gasteiger partial charge in [0.25, 0.3) is 0 Å². The van der Waals surface area contributed by atoms with E-state index in [1.807, 2.05) is 74.4 Å². The van der Waals surface area contributed by atoms with Crippen LogP contribution in [0.5, 0.6) is 0 Å². The fourth-order valence-corrected chi connectivity index (χ4v) is 14.4. The third kappa shape index (κ3) is 26.0. The number of methoxy groups -OCH3 is 3. The summed E-state index contributed by atoms with van der Waals surface area (Å²) in [4.78, 5) is 157. The molecule has 0 aromatic heterocycles. The number of piperidine rings is 1. The van der Waals surface area contributed by atoms with Crippen molar-refractivity contribution in [3.05, 3.63) is 29.8 Å². The lowest BCUT2D eigenvalue weighted by molar-refractivity contribution is -0.152. The minimum atomic E-state index is -0.919.